The standard InChI is InChI=1S/C10H19N3O/c1-5-6-7-8-11-9(14-13-8)12-10(2,3)4/h5-7H2,1-4H3,(H,11,12,13). The van der Waals surface area contributed by atoms with Crippen molar-refractivity contribution in [3.05, 3.63) is 5.82 Å². The average Bonchev–Trinajstić information content (AvgIpc) is 2.46. The maximum atomic E-state index is 5.07. The lowest BCUT2D eigenvalue weighted by molar-refractivity contribution is 0.411. The summed E-state index contributed by atoms with van der Waals surface area (Å²) < 4.78 is 5.07. The van der Waals surface area contributed by atoms with E-state index in [0.29, 0.717) is 6.01 Å². The molecule has 1 N–H and O–H groups in total. The molecule has 0 fully saturated rings. The highest BCUT2D eigenvalue weighted by molar-refractivity contribution is 5.22. The molecule has 80 valence electrons. The fourth-order valence-electron chi connectivity index (χ4n) is 1.06. The molecule has 4 heteroatoms. The van der Waals surface area contributed by atoms with Gasteiger partial charge in [-0.15, -0.1) is 0 Å². The molecule has 14 heavy (non-hydrogen) atoms. The number of anilines is 1. The van der Waals surface area contributed by atoms with Crippen LogP contribution in [0.1, 0.15) is 46.4 Å². The van der Waals surface area contributed by atoms with Gasteiger partial charge in [-0.1, -0.05) is 18.5 Å². The predicted molar refractivity (Wildman–Crippen MR) is 56.3 cm³/mol. The first kappa shape index (κ1) is 11.0. The molecule has 0 aliphatic heterocycles. The number of aryl methyl sites for hydroxylation is 1. The number of nitrogens with zero attached hydrogens (tertiary/aromatic N) is 2. The highest BCUT2D eigenvalue weighted by Crippen LogP contribution is 2.12. The quantitative estimate of drug-likeness (QED) is 0.806. The van der Waals surface area contributed by atoms with Gasteiger partial charge in [-0.05, 0) is 27.2 Å². The molecule has 0 amide bonds. The summed E-state index contributed by atoms with van der Waals surface area (Å²) in [6, 6.07) is 0.517. The second-order valence-electron chi connectivity index (χ2n) is 4.49. The summed E-state index contributed by atoms with van der Waals surface area (Å²) in [5.41, 5.74) is -0.0332. The van der Waals surface area contributed by atoms with E-state index in [2.05, 4.69) is 43.2 Å². The summed E-state index contributed by atoms with van der Waals surface area (Å²) in [6.45, 7) is 8.32. The molecule has 0 unspecified atom stereocenters. The Balaban J connectivity index is 2.51. The van der Waals surface area contributed by atoms with Crippen molar-refractivity contribution in [1.29, 1.82) is 0 Å². The Morgan fingerprint density at radius 2 is 2.07 bits per heavy atom. The molecule has 0 radical (unpaired) electrons. The minimum Gasteiger partial charge on any atom is -0.333 e. The van der Waals surface area contributed by atoms with Crippen LogP contribution in [-0.2, 0) is 6.42 Å². The van der Waals surface area contributed by atoms with Gasteiger partial charge in [0, 0.05) is 12.0 Å². The molecule has 0 spiro atoms. The van der Waals surface area contributed by atoms with Crippen molar-refractivity contribution in [3.63, 3.8) is 0 Å². The topological polar surface area (TPSA) is 51.0 Å². The Kier molecular flexibility index (Phi) is 3.49. The van der Waals surface area contributed by atoms with Crippen molar-refractivity contribution in [2.75, 3.05) is 5.32 Å². The van der Waals surface area contributed by atoms with E-state index in [1.54, 1.807) is 0 Å². The van der Waals surface area contributed by atoms with Gasteiger partial charge in [0.2, 0.25) is 0 Å². The highest BCUT2D eigenvalue weighted by atomic mass is 16.5. The number of unbranched alkanes of at least 4 members (excludes halogenated alkanes) is 1. The average molecular weight is 197 g/mol. The van der Waals surface area contributed by atoms with Gasteiger partial charge in [-0.3, -0.25) is 0 Å². The van der Waals surface area contributed by atoms with Crippen LogP contribution in [0.5, 0.6) is 0 Å². The molecule has 0 aliphatic carbocycles. The van der Waals surface area contributed by atoms with E-state index in [9.17, 15) is 0 Å². The fraction of sp³-hybridized carbons (Fsp3) is 0.800. The SMILES string of the molecule is CCCCc1noc(NC(C)(C)C)n1. The first-order valence-electron chi connectivity index (χ1n) is 5.12. The van der Waals surface area contributed by atoms with Crippen molar-refractivity contribution in [2.24, 2.45) is 0 Å². The number of nitrogens with one attached hydrogen (secondary N) is 1. The first-order valence-corrected chi connectivity index (χ1v) is 5.12. The summed E-state index contributed by atoms with van der Waals surface area (Å²) in [6.07, 6.45) is 3.15. The zero-order chi connectivity index (χ0) is 10.6. The number of aromatic nitrogens is 2. The van der Waals surface area contributed by atoms with Crippen LogP contribution in [0.2, 0.25) is 0 Å². The molecule has 0 aliphatic rings. The predicted octanol–water partition coefficient (Wildman–Crippen LogP) is 2.62. The summed E-state index contributed by atoms with van der Waals surface area (Å²) in [7, 11) is 0. The van der Waals surface area contributed by atoms with Crippen LogP contribution in [0.15, 0.2) is 4.52 Å². The first-order chi connectivity index (χ1) is 6.51. The molecule has 4 nitrogen and oxygen atoms in total. The van der Waals surface area contributed by atoms with Gasteiger partial charge < -0.3 is 9.84 Å². The molecular weight excluding hydrogens is 178 g/mol. The highest BCUT2D eigenvalue weighted by Gasteiger charge is 2.13. The normalized spacial score (nSPS) is 11.7. The van der Waals surface area contributed by atoms with Crippen LogP contribution in [0, 0.1) is 0 Å². The van der Waals surface area contributed by atoms with Crippen LogP contribution in [0.25, 0.3) is 0 Å². The van der Waals surface area contributed by atoms with Crippen molar-refractivity contribution >= 4 is 6.01 Å². The van der Waals surface area contributed by atoms with Crippen molar-refractivity contribution < 1.29 is 4.52 Å². The van der Waals surface area contributed by atoms with Crippen molar-refractivity contribution in [1.82, 2.24) is 10.1 Å². The lowest BCUT2D eigenvalue weighted by Crippen LogP contribution is -2.26. The van der Waals surface area contributed by atoms with E-state index < -0.39 is 0 Å². The summed E-state index contributed by atoms with van der Waals surface area (Å²) in [5, 5.41) is 7.03. The maximum Gasteiger partial charge on any atom is 0.321 e. The van der Waals surface area contributed by atoms with Crippen LogP contribution < -0.4 is 5.32 Å². The molecule has 1 heterocycles. The van der Waals surface area contributed by atoms with E-state index >= 15 is 0 Å². The van der Waals surface area contributed by atoms with Crippen LogP contribution in [-0.4, -0.2) is 15.7 Å². The van der Waals surface area contributed by atoms with E-state index in [0.717, 1.165) is 25.1 Å². The van der Waals surface area contributed by atoms with Crippen LogP contribution in [0.3, 0.4) is 0 Å². The van der Waals surface area contributed by atoms with Crippen molar-refractivity contribution in [2.45, 2.75) is 52.5 Å². The summed E-state index contributed by atoms with van der Waals surface area (Å²) in [4.78, 5) is 4.24. The fourth-order valence-corrected chi connectivity index (χ4v) is 1.06. The van der Waals surface area contributed by atoms with E-state index in [1.165, 1.54) is 0 Å². The van der Waals surface area contributed by atoms with Crippen LogP contribution >= 0.6 is 0 Å². The third kappa shape index (κ3) is 3.77. The van der Waals surface area contributed by atoms with Gasteiger partial charge in [-0.25, -0.2) is 0 Å². The number of hydrogen-bond donors (Lipinski definition) is 1. The molecule has 0 bridgehead atoms. The zero-order valence-corrected chi connectivity index (χ0v) is 9.42. The lowest BCUT2D eigenvalue weighted by atomic mass is 10.1. The Morgan fingerprint density at radius 3 is 2.64 bits per heavy atom. The van der Waals surface area contributed by atoms with E-state index in [1.807, 2.05) is 0 Å². The minimum atomic E-state index is -0.0332. The summed E-state index contributed by atoms with van der Waals surface area (Å²) in [5.74, 6) is 0.790. The van der Waals surface area contributed by atoms with E-state index in [-0.39, 0.29) is 5.54 Å². The van der Waals surface area contributed by atoms with Gasteiger partial charge in [0.25, 0.3) is 0 Å². The molecule has 1 aromatic rings. The Hall–Kier alpha value is -1.06. The molecule has 0 aromatic carbocycles. The molecule has 0 saturated carbocycles. The lowest BCUT2D eigenvalue weighted by Gasteiger charge is -2.17. The van der Waals surface area contributed by atoms with Gasteiger partial charge in [0.1, 0.15) is 0 Å². The molecule has 1 rings (SSSR count). The molecule has 0 atom stereocenters. The zero-order valence-electron chi connectivity index (χ0n) is 9.42. The van der Waals surface area contributed by atoms with Gasteiger partial charge in [0.15, 0.2) is 5.82 Å². The Morgan fingerprint density at radius 1 is 1.36 bits per heavy atom. The minimum absolute atomic E-state index is 0.0332. The Bertz CT molecular complexity index is 275. The third-order valence-electron chi connectivity index (χ3n) is 1.70. The van der Waals surface area contributed by atoms with E-state index in [4.69, 9.17) is 4.52 Å². The molecular formula is C10H19N3O. The smallest absolute Gasteiger partial charge is 0.321 e. The molecule has 0 saturated heterocycles. The number of rotatable bonds is 4. The van der Waals surface area contributed by atoms with Gasteiger partial charge in [0.05, 0.1) is 0 Å². The van der Waals surface area contributed by atoms with Gasteiger partial charge in [-0.2, -0.15) is 4.98 Å². The third-order valence-corrected chi connectivity index (χ3v) is 1.70. The van der Waals surface area contributed by atoms with Gasteiger partial charge >= 0.3 is 6.01 Å². The monoisotopic (exact) mass is 197 g/mol. The Labute approximate surface area is 85.1 Å². The second kappa shape index (κ2) is 4.44. The molecule has 1 aromatic heterocycles. The van der Waals surface area contributed by atoms with Crippen molar-refractivity contribution in [3.8, 4) is 0 Å². The van der Waals surface area contributed by atoms with Crippen LogP contribution in [0.4, 0.5) is 6.01 Å². The largest absolute Gasteiger partial charge is 0.333 e. The summed E-state index contributed by atoms with van der Waals surface area (Å²) >= 11 is 0. The maximum absolute atomic E-state index is 5.07. The number of hydrogen-bond acceptors (Lipinski definition) is 4. The second-order valence-corrected chi connectivity index (χ2v) is 4.49.